The summed E-state index contributed by atoms with van der Waals surface area (Å²) in [6.45, 7) is 0. The molecule has 0 saturated heterocycles. The summed E-state index contributed by atoms with van der Waals surface area (Å²) in [7, 11) is 0. The van der Waals surface area contributed by atoms with Crippen molar-refractivity contribution < 1.29 is 8.78 Å². The Morgan fingerprint density at radius 2 is 1.64 bits per heavy atom. The highest BCUT2D eigenvalue weighted by atomic mass is 35.5. The van der Waals surface area contributed by atoms with E-state index < -0.39 is 0 Å². The molecule has 0 amide bonds. The molecule has 3 aromatic carbocycles. The molecule has 136 valence electrons. The minimum absolute atomic E-state index is 0.319. The Morgan fingerprint density at radius 1 is 0.893 bits per heavy atom. The van der Waals surface area contributed by atoms with Crippen LogP contribution in [-0.4, -0.2) is 11.2 Å². The number of H-pyrrole nitrogens is 1. The summed E-state index contributed by atoms with van der Waals surface area (Å²) in [6.07, 6.45) is 3.57. The first-order valence-electron chi connectivity index (χ1n) is 8.71. The van der Waals surface area contributed by atoms with Crippen molar-refractivity contribution in [3.05, 3.63) is 100 Å². The summed E-state index contributed by atoms with van der Waals surface area (Å²) in [5.41, 5.74) is 5.54. The lowest BCUT2D eigenvalue weighted by atomic mass is 9.90. The molecule has 1 N–H and O–H groups in total. The van der Waals surface area contributed by atoms with E-state index in [1.54, 1.807) is 30.5 Å². The number of fused-ring (bicyclic) bond motifs is 2. The summed E-state index contributed by atoms with van der Waals surface area (Å²) in [4.78, 5) is 7.62. The van der Waals surface area contributed by atoms with Gasteiger partial charge in [0.05, 0.1) is 5.69 Å². The van der Waals surface area contributed by atoms with Crippen molar-refractivity contribution in [2.45, 2.75) is 0 Å². The van der Waals surface area contributed by atoms with Crippen LogP contribution in [0.25, 0.3) is 22.0 Å². The quantitative estimate of drug-likeness (QED) is 0.391. The maximum Gasteiger partial charge on any atom is 0.123 e. The van der Waals surface area contributed by atoms with Gasteiger partial charge in [-0.25, -0.2) is 8.78 Å². The Morgan fingerprint density at radius 3 is 2.46 bits per heavy atom. The molecule has 0 aliphatic carbocycles. The lowest BCUT2D eigenvalue weighted by Gasteiger charge is -2.12. The van der Waals surface area contributed by atoms with Gasteiger partial charge in [0.2, 0.25) is 0 Å². The lowest BCUT2D eigenvalue weighted by Crippen LogP contribution is -1.94. The second-order valence-electron chi connectivity index (χ2n) is 6.61. The number of halogens is 3. The Kier molecular flexibility index (Phi) is 3.88. The van der Waals surface area contributed by atoms with Crippen molar-refractivity contribution in [3.63, 3.8) is 0 Å². The van der Waals surface area contributed by atoms with Gasteiger partial charge in [-0.2, -0.15) is 0 Å². The van der Waals surface area contributed by atoms with Crippen LogP contribution in [0, 0.1) is 11.6 Å². The number of rotatable bonds is 2. The number of allylic oxidation sites excluding steroid dienone is 1. The molecule has 0 radical (unpaired) electrons. The van der Waals surface area contributed by atoms with Crippen LogP contribution >= 0.6 is 11.6 Å². The number of aromatic amines is 1. The van der Waals surface area contributed by atoms with Gasteiger partial charge in [-0.15, -0.1) is 0 Å². The average molecular weight is 391 g/mol. The molecule has 0 bridgehead atoms. The molecule has 4 aromatic rings. The van der Waals surface area contributed by atoms with Gasteiger partial charge in [0.15, 0.2) is 0 Å². The highest BCUT2D eigenvalue weighted by molar-refractivity contribution is 6.31. The van der Waals surface area contributed by atoms with E-state index in [-0.39, 0.29) is 11.6 Å². The molecular formula is C23H13ClF2N2. The first-order valence-corrected chi connectivity index (χ1v) is 9.09. The van der Waals surface area contributed by atoms with Crippen LogP contribution in [0.15, 0.2) is 71.9 Å². The van der Waals surface area contributed by atoms with Crippen LogP contribution < -0.4 is 0 Å². The van der Waals surface area contributed by atoms with E-state index in [1.807, 2.05) is 18.3 Å². The van der Waals surface area contributed by atoms with Gasteiger partial charge >= 0.3 is 0 Å². The van der Waals surface area contributed by atoms with E-state index in [2.05, 4.69) is 9.98 Å². The normalized spacial score (nSPS) is 14.5. The van der Waals surface area contributed by atoms with Crippen LogP contribution in [0.1, 0.15) is 16.7 Å². The van der Waals surface area contributed by atoms with Crippen molar-refractivity contribution in [1.82, 2.24) is 4.98 Å². The first-order chi connectivity index (χ1) is 13.6. The van der Waals surface area contributed by atoms with Gasteiger partial charge in [0.1, 0.15) is 11.6 Å². The van der Waals surface area contributed by atoms with Gasteiger partial charge in [-0.1, -0.05) is 23.7 Å². The molecule has 1 aliphatic heterocycles. The second-order valence-corrected chi connectivity index (χ2v) is 7.04. The minimum Gasteiger partial charge on any atom is -0.361 e. The van der Waals surface area contributed by atoms with Crippen molar-refractivity contribution >= 4 is 45.6 Å². The average Bonchev–Trinajstić information content (AvgIpc) is 3.28. The number of hydrogen-bond donors (Lipinski definition) is 1. The molecule has 1 aromatic heterocycles. The van der Waals surface area contributed by atoms with Crippen LogP contribution in [-0.2, 0) is 0 Å². The first kappa shape index (κ1) is 16.9. The summed E-state index contributed by atoms with van der Waals surface area (Å²) in [5.74, 6) is -0.650. The van der Waals surface area contributed by atoms with E-state index in [0.29, 0.717) is 16.3 Å². The monoisotopic (exact) mass is 390 g/mol. The number of hydrogen-bond acceptors (Lipinski definition) is 1. The third-order valence-corrected chi connectivity index (χ3v) is 5.15. The van der Waals surface area contributed by atoms with E-state index >= 15 is 0 Å². The zero-order valence-electron chi connectivity index (χ0n) is 14.5. The number of nitrogens with zero attached hydrogens (tertiary/aromatic N) is 1. The van der Waals surface area contributed by atoms with E-state index in [4.69, 9.17) is 11.6 Å². The summed E-state index contributed by atoms with van der Waals surface area (Å²) in [6, 6.07) is 16.5. The topological polar surface area (TPSA) is 28.1 Å². The van der Waals surface area contributed by atoms with Crippen LogP contribution in [0.5, 0.6) is 0 Å². The van der Waals surface area contributed by atoms with Crippen LogP contribution in [0.3, 0.4) is 0 Å². The van der Waals surface area contributed by atoms with Gasteiger partial charge in [0.25, 0.3) is 0 Å². The molecule has 5 rings (SSSR count). The Bertz CT molecular complexity index is 1280. The molecule has 0 saturated carbocycles. The Hall–Kier alpha value is -3.24. The third-order valence-electron chi connectivity index (χ3n) is 4.90. The maximum atomic E-state index is 14.0. The van der Waals surface area contributed by atoms with E-state index in [1.165, 1.54) is 24.3 Å². The van der Waals surface area contributed by atoms with Gasteiger partial charge in [-0.3, -0.25) is 4.99 Å². The van der Waals surface area contributed by atoms with Gasteiger partial charge in [0, 0.05) is 50.6 Å². The number of benzene rings is 3. The molecule has 28 heavy (non-hydrogen) atoms. The summed E-state index contributed by atoms with van der Waals surface area (Å²) >= 11 is 6.07. The highest BCUT2D eigenvalue weighted by Crippen LogP contribution is 2.41. The van der Waals surface area contributed by atoms with Crippen molar-refractivity contribution in [1.29, 1.82) is 0 Å². The fourth-order valence-electron chi connectivity index (χ4n) is 3.61. The molecule has 5 heteroatoms. The van der Waals surface area contributed by atoms with Crippen molar-refractivity contribution in [2.75, 3.05) is 0 Å². The molecule has 2 nitrogen and oxygen atoms in total. The van der Waals surface area contributed by atoms with E-state index in [0.717, 1.165) is 33.2 Å². The fourth-order valence-corrected chi connectivity index (χ4v) is 3.74. The number of aliphatic imine (C=N–C) groups is 1. The van der Waals surface area contributed by atoms with Gasteiger partial charge < -0.3 is 4.98 Å². The van der Waals surface area contributed by atoms with Crippen LogP contribution in [0.4, 0.5) is 14.5 Å². The summed E-state index contributed by atoms with van der Waals surface area (Å²) in [5, 5.41) is 1.36. The zero-order valence-corrected chi connectivity index (χ0v) is 15.3. The van der Waals surface area contributed by atoms with Crippen LogP contribution in [0.2, 0.25) is 5.02 Å². The minimum atomic E-state index is -0.331. The smallest absolute Gasteiger partial charge is 0.123 e. The van der Waals surface area contributed by atoms with Crippen molar-refractivity contribution in [3.8, 4) is 0 Å². The largest absolute Gasteiger partial charge is 0.361 e. The standard InChI is InChI=1S/C23H13ClF2N2/c24-14-3-1-13(2-4-14)23(19-11-27-21-7-5-15(25)9-17(19)21)20-12-28-22-8-6-16(26)10-18(20)22/h1-12,27H. The highest BCUT2D eigenvalue weighted by Gasteiger charge is 2.22. The Labute approximate surface area is 164 Å². The second kappa shape index (κ2) is 6.43. The SMILES string of the molecule is Fc1ccc2c(c1)C(=C(c1ccc(Cl)cc1)c1c[nH]c3ccc(F)cc13)C=N2. The Balaban J connectivity index is 1.85. The molecular weight excluding hydrogens is 378 g/mol. The molecule has 2 heterocycles. The third kappa shape index (κ3) is 2.74. The molecule has 1 aliphatic rings. The molecule has 0 fully saturated rings. The molecule has 0 unspecified atom stereocenters. The fraction of sp³-hybridized carbons (Fsp3) is 0. The molecule has 0 atom stereocenters. The van der Waals surface area contributed by atoms with E-state index in [9.17, 15) is 8.78 Å². The summed E-state index contributed by atoms with van der Waals surface area (Å²) < 4.78 is 27.9. The maximum absolute atomic E-state index is 14.0. The lowest BCUT2D eigenvalue weighted by molar-refractivity contribution is 0.627. The van der Waals surface area contributed by atoms with Crippen molar-refractivity contribution in [2.24, 2.45) is 4.99 Å². The predicted octanol–water partition coefficient (Wildman–Crippen LogP) is 6.77. The zero-order chi connectivity index (χ0) is 19.3. The number of nitrogens with one attached hydrogen (secondary N) is 1. The predicted molar refractivity (Wildman–Crippen MR) is 110 cm³/mol. The van der Waals surface area contributed by atoms with Gasteiger partial charge in [-0.05, 0) is 54.1 Å². The number of aromatic nitrogens is 1. The molecule has 0 spiro atoms.